The molecule has 2 fully saturated rings. The number of piperidine rings is 1. The van der Waals surface area contributed by atoms with Crippen LogP contribution in [0.15, 0.2) is 0 Å². The normalized spacial score (nSPS) is 47.8. The van der Waals surface area contributed by atoms with Gasteiger partial charge in [-0.1, -0.05) is 0 Å². The second-order valence-corrected chi connectivity index (χ2v) is 5.44. The average molecular weight is 171 g/mol. The molecule has 2 rings (SSSR count). The molecule has 1 saturated carbocycles. The summed E-state index contributed by atoms with van der Waals surface area (Å²) in [5.74, 6) is 0.661. The summed E-state index contributed by atoms with van der Waals surface area (Å²) in [6.07, 6.45) is 0. The third-order valence-corrected chi connectivity index (χ3v) is 3.61. The zero-order valence-electron chi connectivity index (χ0n) is 8.39. The Morgan fingerprint density at radius 1 is 1.25 bits per heavy atom. The first kappa shape index (κ1) is 8.49. The maximum absolute atomic E-state index is 13.4. The molecule has 1 aliphatic carbocycles. The Bertz CT molecular complexity index is 190. The molecule has 0 radical (unpaired) electrons. The van der Waals surface area contributed by atoms with Gasteiger partial charge in [0.2, 0.25) is 0 Å². The lowest BCUT2D eigenvalue weighted by atomic mass is 10.1. The number of alkyl halides is 1. The number of hydrogen-bond donors (Lipinski definition) is 0. The van der Waals surface area contributed by atoms with E-state index < -0.39 is 5.67 Å². The fraction of sp³-hybridized carbons (Fsp3) is 1.00. The first-order valence-electron chi connectivity index (χ1n) is 4.77. The van der Waals surface area contributed by atoms with E-state index in [9.17, 15) is 4.39 Å². The number of likely N-dealkylation sites (tertiary alicyclic amines) is 1. The molecule has 2 unspecified atom stereocenters. The summed E-state index contributed by atoms with van der Waals surface area (Å²) < 4.78 is 13.4. The molecule has 1 saturated heterocycles. The van der Waals surface area contributed by atoms with Crippen molar-refractivity contribution < 1.29 is 4.39 Å². The van der Waals surface area contributed by atoms with Gasteiger partial charge in [-0.05, 0) is 27.7 Å². The van der Waals surface area contributed by atoms with Gasteiger partial charge in [0.25, 0.3) is 0 Å². The lowest BCUT2D eigenvalue weighted by Gasteiger charge is -2.34. The van der Waals surface area contributed by atoms with Gasteiger partial charge >= 0.3 is 0 Å². The first-order chi connectivity index (χ1) is 5.33. The van der Waals surface area contributed by atoms with Gasteiger partial charge < -0.3 is 0 Å². The van der Waals surface area contributed by atoms with Gasteiger partial charge in [0.05, 0.1) is 0 Å². The quantitative estimate of drug-likeness (QED) is 0.539. The van der Waals surface area contributed by atoms with Crippen molar-refractivity contribution in [1.29, 1.82) is 0 Å². The minimum absolute atomic E-state index is 0.226. The van der Waals surface area contributed by atoms with Crippen LogP contribution in [-0.4, -0.2) is 29.2 Å². The van der Waals surface area contributed by atoms with Crippen molar-refractivity contribution in [3.05, 3.63) is 0 Å². The van der Waals surface area contributed by atoms with Crippen molar-refractivity contribution in [3.63, 3.8) is 0 Å². The van der Waals surface area contributed by atoms with Crippen LogP contribution >= 0.6 is 0 Å². The summed E-state index contributed by atoms with van der Waals surface area (Å²) >= 11 is 0. The van der Waals surface area contributed by atoms with E-state index in [1.807, 2.05) is 0 Å². The van der Waals surface area contributed by atoms with Crippen LogP contribution in [0.2, 0.25) is 0 Å². The first-order valence-corrected chi connectivity index (χ1v) is 4.77. The van der Waals surface area contributed by atoms with Crippen LogP contribution in [0.25, 0.3) is 0 Å². The number of rotatable bonds is 0. The minimum atomic E-state index is -0.832. The SMILES string of the molecule is CC1(F)C2CN(C(C)(C)C)CC21. The second-order valence-electron chi connectivity index (χ2n) is 5.44. The Morgan fingerprint density at radius 2 is 1.67 bits per heavy atom. The predicted molar refractivity (Wildman–Crippen MR) is 47.8 cm³/mol. The van der Waals surface area contributed by atoms with E-state index in [4.69, 9.17) is 0 Å². The summed E-state index contributed by atoms with van der Waals surface area (Å²) in [5.41, 5.74) is -0.606. The Kier molecular flexibility index (Phi) is 1.44. The molecule has 0 aromatic heterocycles. The van der Waals surface area contributed by atoms with Crippen LogP contribution in [0.5, 0.6) is 0 Å². The molecule has 0 spiro atoms. The molecule has 0 bridgehead atoms. The third-order valence-electron chi connectivity index (χ3n) is 3.61. The van der Waals surface area contributed by atoms with Crippen molar-refractivity contribution in [1.82, 2.24) is 4.90 Å². The fourth-order valence-corrected chi connectivity index (χ4v) is 2.37. The van der Waals surface area contributed by atoms with E-state index in [1.54, 1.807) is 6.92 Å². The van der Waals surface area contributed by atoms with Crippen LogP contribution in [0.1, 0.15) is 27.7 Å². The summed E-state index contributed by atoms with van der Waals surface area (Å²) in [5, 5.41) is 0. The monoisotopic (exact) mass is 171 g/mol. The Hall–Kier alpha value is -0.110. The zero-order chi connectivity index (χ0) is 9.15. The van der Waals surface area contributed by atoms with Gasteiger partial charge in [0.1, 0.15) is 5.67 Å². The molecular weight excluding hydrogens is 153 g/mol. The Balaban J connectivity index is 1.99. The van der Waals surface area contributed by atoms with Crippen molar-refractivity contribution >= 4 is 0 Å². The van der Waals surface area contributed by atoms with E-state index >= 15 is 0 Å². The van der Waals surface area contributed by atoms with Gasteiger partial charge in [-0.15, -0.1) is 0 Å². The predicted octanol–water partition coefficient (Wildman–Crippen LogP) is 2.07. The number of nitrogens with zero attached hydrogens (tertiary/aromatic N) is 1. The number of hydrogen-bond acceptors (Lipinski definition) is 1. The molecular formula is C10H18FN. The molecule has 2 atom stereocenters. The lowest BCUT2D eigenvalue weighted by Crippen LogP contribution is -2.42. The summed E-state index contributed by atoms with van der Waals surface area (Å²) in [6, 6.07) is 0. The standard InChI is InChI=1S/C10H18FN/c1-9(2,3)12-5-7-8(6-12)10(7,4)11/h7-8H,5-6H2,1-4H3. The largest absolute Gasteiger partial charge is 0.298 e. The van der Waals surface area contributed by atoms with Crippen molar-refractivity contribution in [2.75, 3.05) is 13.1 Å². The van der Waals surface area contributed by atoms with Gasteiger partial charge in [-0.2, -0.15) is 0 Å². The molecule has 2 aliphatic rings. The topological polar surface area (TPSA) is 3.24 Å². The van der Waals surface area contributed by atoms with Gasteiger partial charge in [-0.25, -0.2) is 4.39 Å². The van der Waals surface area contributed by atoms with Crippen LogP contribution in [0, 0.1) is 11.8 Å². The van der Waals surface area contributed by atoms with Crippen molar-refractivity contribution in [2.24, 2.45) is 11.8 Å². The van der Waals surface area contributed by atoms with Crippen LogP contribution in [-0.2, 0) is 0 Å². The molecule has 1 aliphatic heterocycles. The second kappa shape index (κ2) is 2.03. The highest BCUT2D eigenvalue weighted by Crippen LogP contribution is 2.58. The Morgan fingerprint density at radius 3 is 2.00 bits per heavy atom. The molecule has 70 valence electrons. The summed E-state index contributed by atoms with van der Waals surface area (Å²) in [6.45, 7) is 10.3. The summed E-state index contributed by atoms with van der Waals surface area (Å²) in [4.78, 5) is 2.39. The number of halogens is 1. The highest BCUT2D eigenvalue weighted by molar-refractivity contribution is 5.16. The molecule has 1 heterocycles. The molecule has 0 aromatic carbocycles. The fourth-order valence-electron chi connectivity index (χ4n) is 2.37. The smallest absolute Gasteiger partial charge is 0.117 e. The van der Waals surface area contributed by atoms with E-state index in [-0.39, 0.29) is 5.54 Å². The van der Waals surface area contributed by atoms with E-state index in [0.717, 1.165) is 13.1 Å². The average Bonchev–Trinajstić information content (AvgIpc) is 2.31. The lowest BCUT2D eigenvalue weighted by molar-refractivity contribution is 0.117. The maximum atomic E-state index is 13.4. The zero-order valence-corrected chi connectivity index (χ0v) is 8.39. The minimum Gasteiger partial charge on any atom is -0.298 e. The van der Waals surface area contributed by atoms with Gasteiger partial charge in [0, 0.05) is 30.5 Å². The molecule has 0 N–H and O–H groups in total. The van der Waals surface area contributed by atoms with Crippen molar-refractivity contribution in [3.8, 4) is 0 Å². The van der Waals surface area contributed by atoms with Crippen LogP contribution < -0.4 is 0 Å². The van der Waals surface area contributed by atoms with Crippen molar-refractivity contribution in [2.45, 2.75) is 38.9 Å². The summed E-state index contributed by atoms with van der Waals surface area (Å²) in [7, 11) is 0. The van der Waals surface area contributed by atoms with E-state index in [2.05, 4.69) is 25.7 Å². The molecule has 0 aromatic rings. The van der Waals surface area contributed by atoms with Gasteiger partial charge in [0.15, 0.2) is 0 Å². The Labute approximate surface area is 73.9 Å². The highest BCUT2D eigenvalue weighted by atomic mass is 19.1. The third kappa shape index (κ3) is 1.00. The van der Waals surface area contributed by atoms with Crippen LogP contribution in [0.4, 0.5) is 4.39 Å². The van der Waals surface area contributed by atoms with E-state index in [1.165, 1.54) is 0 Å². The number of fused-ring (bicyclic) bond motifs is 1. The molecule has 2 heteroatoms. The highest BCUT2D eigenvalue weighted by Gasteiger charge is 2.67. The van der Waals surface area contributed by atoms with Crippen LogP contribution in [0.3, 0.4) is 0 Å². The van der Waals surface area contributed by atoms with Gasteiger partial charge in [-0.3, -0.25) is 4.90 Å². The maximum Gasteiger partial charge on any atom is 0.117 e. The molecule has 0 amide bonds. The van der Waals surface area contributed by atoms with E-state index in [0.29, 0.717) is 11.8 Å². The molecule has 1 nitrogen and oxygen atoms in total. The molecule has 12 heavy (non-hydrogen) atoms.